The molecule has 17 heavy (non-hydrogen) atoms. The van der Waals surface area contributed by atoms with Crippen LogP contribution in [-0.2, 0) is 14.4 Å². The third kappa shape index (κ3) is 2.11. The monoisotopic (exact) mass is 241 g/mol. The summed E-state index contributed by atoms with van der Waals surface area (Å²) in [4.78, 5) is 34.8. The van der Waals surface area contributed by atoms with Crippen LogP contribution in [0.5, 0.6) is 0 Å². The zero-order valence-corrected chi connectivity index (χ0v) is 9.33. The van der Waals surface area contributed by atoms with E-state index < -0.39 is 18.0 Å². The predicted molar refractivity (Wildman–Crippen MR) is 56.3 cm³/mol. The van der Waals surface area contributed by atoms with Crippen LogP contribution in [-0.4, -0.2) is 45.0 Å². The highest BCUT2D eigenvalue weighted by Crippen LogP contribution is 2.42. The largest absolute Gasteiger partial charge is 0.481 e. The maximum absolute atomic E-state index is 11.9. The Balaban J connectivity index is 2.05. The first-order valence-corrected chi connectivity index (χ1v) is 5.76. The molecule has 1 saturated carbocycles. The van der Waals surface area contributed by atoms with Crippen molar-refractivity contribution in [2.75, 3.05) is 0 Å². The van der Waals surface area contributed by atoms with Crippen LogP contribution in [0, 0.1) is 5.92 Å². The number of aliphatic carboxylic acids is 2. The van der Waals surface area contributed by atoms with Crippen molar-refractivity contribution in [3.8, 4) is 0 Å². The van der Waals surface area contributed by atoms with Crippen molar-refractivity contribution in [2.45, 2.75) is 44.2 Å². The first kappa shape index (κ1) is 11.9. The summed E-state index contributed by atoms with van der Waals surface area (Å²) in [6.07, 6.45) is 2.09. The van der Waals surface area contributed by atoms with Crippen LogP contribution in [0.15, 0.2) is 0 Å². The minimum atomic E-state index is -1.03. The van der Waals surface area contributed by atoms with Gasteiger partial charge in [-0.3, -0.25) is 9.59 Å². The molecule has 6 heteroatoms. The van der Waals surface area contributed by atoms with Gasteiger partial charge in [-0.15, -0.1) is 0 Å². The van der Waals surface area contributed by atoms with Crippen molar-refractivity contribution in [3.63, 3.8) is 0 Å². The third-order valence-electron chi connectivity index (χ3n) is 3.68. The highest BCUT2D eigenvalue weighted by Gasteiger charge is 2.51. The first-order valence-electron chi connectivity index (χ1n) is 5.76. The van der Waals surface area contributed by atoms with Gasteiger partial charge in [0.1, 0.15) is 6.04 Å². The molecule has 2 rings (SSSR count). The summed E-state index contributed by atoms with van der Waals surface area (Å²) in [5.41, 5.74) is 0. The Morgan fingerprint density at radius 1 is 1.12 bits per heavy atom. The third-order valence-corrected chi connectivity index (χ3v) is 3.68. The average Bonchev–Trinajstić information content (AvgIpc) is 2.84. The van der Waals surface area contributed by atoms with Gasteiger partial charge in [-0.1, -0.05) is 0 Å². The normalized spacial score (nSPS) is 30.6. The van der Waals surface area contributed by atoms with Gasteiger partial charge in [0, 0.05) is 12.5 Å². The van der Waals surface area contributed by atoms with Gasteiger partial charge in [0.25, 0.3) is 0 Å². The van der Waals surface area contributed by atoms with Crippen LogP contribution in [0.4, 0.5) is 0 Å². The Kier molecular flexibility index (Phi) is 3.04. The van der Waals surface area contributed by atoms with Gasteiger partial charge >= 0.3 is 11.9 Å². The predicted octanol–water partition coefficient (Wildman–Crippen LogP) is 0.315. The van der Waals surface area contributed by atoms with E-state index in [0.717, 1.165) is 19.3 Å². The van der Waals surface area contributed by atoms with Crippen LogP contribution < -0.4 is 0 Å². The molecule has 0 aromatic heterocycles. The molecule has 94 valence electrons. The number of amides is 1. The van der Waals surface area contributed by atoms with Gasteiger partial charge < -0.3 is 15.1 Å². The van der Waals surface area contributed by atoms with Crippen molar-refractivity contribution in [1.82, 2.24) is 4.90 Å². The van der Waals surface area contributed by atoms with Crippen molar-refractivity contribution >= 4 is 17.8 Å². The summed E-state index contributed by atoms with van der Waals surface area (Å²) in [7, 11) is 0. The second kappa shape index (κ2) is 4.35. The van der Waals surface area contributed by atoms with Crippen LogP contribution in [0.25, 0.3) is 0 Å². The maximum Gasteiger partial charge on any atom is 0.326 e. The summed E-state index contributed by atoms with van der Waals surface area (Å²) >= 11 is 0. The number of piperidine rings is 1. The number of nitrogens with zero attached hydrogens (tertiary/aromatic N) is 1. The molecule has 1 amide bonds. The lowest BCUT2D eigenvalue weighted by Gasteiger charge is -2.32. The van der Waals surface area contributed by atoms with E-state index in [2.05, 4.69) is 0 Å². The van der Waals surface area contributed by atoms with E-state index >= 15 is 0 Å². The molecule has 3 unspecified atom stereocenters. The summed E-state index contributed by atoms with van der Waals surface area (Å²) < 4.78 is 0. The Hall–Kier alpha value is -1.59. The molecule has 2 aliphatic rings. The Morgan fingerprint density at radius 2 is 1.82 bits per heavy atom. The molecular formula is C11H15NO5. The Labute approximate surface area is 98.2 Å². The van der Waals surface area contributed by atoms with Crippen LogP contribution in [0.2, 0.25) is 0 Å². The van der Waals surface area contributed by atoms with Gasteiger partial charge in [-0.25, -0.2) is 4.79 Å². The molecule has 1 aliphatic carbocycles. The number of hydrogen-bond acceptors (Lipinski definition) is 3. The summed E-state index contributed by atoms with van der Waals surface area (Å²) in [5, 5.41) is 17.6. The van der Waals surface area contributed by atoms with E-state index in [1.54, 1.807) is 0 Å². The van der Waals surface area contributed by atoms with E-state index in [1.165, 1.54) is 4.90 Å². The van der Waals surface area contributed by atoms with Crippen molar-refractivity contribution < 1.29 is 24.6 Å². The molecule has 1 aliphatic heterocycles. The second-order valence-corrected chi connectivity index (χ2v) is 4.70. The zero-order chi connectivity index (χ0) is 12.6. The molecule has 3 atom stereocenters. The molecule has 0 aromatic rings. The van der Waals surface area contributed by atoms with Gasteiger partial charge in [-0.05, 0) is 25.2 Å². The van der Waals surface area contributed by atoms with Crippen LogP contribution in [0.1, 0.15) is 32.1 Å². The average molecular weight is 241 g/mol. The number of carbonyl (C=O) groups excluding carboxylic acids is 1. The van der Waals surface area contributed by atoms with Crippen LogP contribution in [0.3, 0.4) is 0 Å². The molecular weight excluding hydrogens is 226 g/mol. The quantitative estimate of drug-likeness (QED) is 0.738. The number of carboxylic acids is 2. The summed E-state index contributed by atoms with van der Waals surface area (Å²) in [6.45, 7) is 0. The van der Waals surface area contributed by atoms with E-state index in [9.17, 15) is 14.4 Å². The van der Waals surface area contributed by atoms with Crippen molar-refractivity contribution in [2.24, 2.45) is 5.92 Å². The molecule has 2 N–H and O–H groups in total. The van der Waals surface area contributed by atoms with Gasteiger partial charge in [0.2, 0.25) is 5.91 Å². The fourth-order valence-corrected chi connectivity index (χ4v) is 3.01. The first-order chi connectivity index (χ1) is 8.00. The topological polar surface area (TPSA) is 94.9 Å². The van der Waals surface area contributed by atoms with Gasteiger partial charge in [0.15, 0.2) is 0 Å². The molecule has 0 aromatic carbocycles. The van der Waals surface area contributed by atoms with Gasteiger partial charge in [-0.2, -0.15) is 0 Å². The van der Waals surface area contributed by atoms with E-state index in [1.807, 2.05) is 0 Å². The summed E-state index contributed by atoms with van der Waals surface area (Å²) in [5.74, 6) is -2.30. The van der Waals surface area contributed by atoms with Gasteiger partial charge in [0.05, 0.1) is 6.42 Å². The molecule has 2 fully saturated rings. The Bertz CT molecular complexity index is 367. The lowest BCUT2D eigenvalue weighted by Crippen LogP contribution is -2.49. The lowest BCUT2D eigenvalue weighted by atomic mass is 9.98. The van der Waals surface area contributed by atoms with E-state index in [0.29, 0.717) is 0 Å². The van der Waals surface area contributed by atoms with Crippen LogP contribution >= 0.6 is 0 Å². The number of fused-ring (bicyclic) bond motifs is 2. The zero-order valence-electron chi connectivity index (χ0n) is 9.33. The molecule has 1 saturated heterocycles. The fourth-order valence-electron chi connectivity index (χ4n) is 3.01. The number of rotatable bonds is 4. The fraction of sp³-hybridized carbons (Fsp3) is 0.727. The number of carboxylic acid groups (broad SMARTS) is 2. The number of hydrogen-bond donors (Lipinski definition) is 2. The second-order valence-electron chi connectivity index (χ2n) is 4.70. The molecule has 1 heterocycles. The van der Waals surface area contributed by atoms with Crippen molar-refractivity contribution in [1.29, 1.82) is 0 Å². The van der Waals surface area contributed by atoms with Crippen molar-refractivity contribution in [3.05, 3.63) is 0 Å². The SMILES string of the molecule is O=C(O)CCC(=O)N1C2CCC(C2)C1C(=O)O. The Morgan fingerprint density at radius 3 is 2.41 bits per heavy atom. The highest BCUT2D eigenvalue weighted by molar-refractivity contribution is 5.87. The molecule has 6 nitrogen and oxygen atoms in total. The van der Waals surface area contributed by atoms with E-state index in [4.69, 9.17) is 10.2 Å². The highest BCUT2D eigenvalue weighted by atomic mass is 16.4. The molecule has 2 bridgehead atoms. The molecule has 0 spiro atoms. The number of likely N-dealkylation sites (tertiary alicyclic amines) is 1. The van der Waals surface area contributed by atoms with E-state index in [-0.39, 0.29) is 30.7 Å². The standard InChI is InChI=1S/C11H15NO5/c13-8(3-4-9(14)15)12-7-2-1-6(5-7)10(12)11(16)17/h6-7,10H,1-5H2,(H,14,15)(H,16,17). The molecule has 0 radical (unpaired) electrons. The smallest absolute Gasteiger partial charge is 0.326 e. The maximum atomic E-state index is 11.9. The minimum Gasteiger partial charge on any atom is -0.481 e. The number of carbonyl (C=O) groups is 3. The minimum absolute atomic E-state index is 0.00222. The summed E-state index contributed by atoms with van der Waals surface area (Å²) in [6, 6.07) is -0.738. The lowest BCUT2D eigenvalue weighted by molar-refractivity contribution is -0.153.